The smallest absolute Gasteiger partial charge is 0.419 e. The average molecular weight is 434 g/mol. The molecule has 0 heterocycles. The van der Waals surface area contributed by atoms with Crippen LogP contribution in [-0.2, 0) is 6.18 Å². The number of hydrogen-bond acceptors (Lipinski definition) is 1. The highest BCUT2D eigenvalue weighted by Crippen LogP contribution is 2.41. The van der Waals surface area contributed by atoms with Crippen LogP contribution in [-0.4, -0.2) is 6.11 Å². The van der Waals surface area contributed by atoms with Gasteiger partial charge in [-0.05, 0) is 68.4 Å². The lowest BCUT2D eigenvalue weighted by Gasteiger charge is -2.32. The van der Waals surface area contributed by atoms with Gasteiger partial charge in [0.1, 0.15) is 11.6 Å². The maximum Gasteiger partial charge on any atom is 0.419 e. The van der Waals surface area contributed by atoms with Crippen molar-refractivity contribution in [1.29, 1.82) is 0 Å². The number of benzene rings is 1. The molecule has 0 aliphatic heterocycles. The molecule has 1 aromatic carbocycles. The second kappa shape index (κ2) is 9.23. The number of allylic oxidation sites excluding steroid dienone is 2. The number of hydrogen-bond donors (Lipinski definition) is 0. The maximum atomic E-state index is 14.5. The van der Waals surface area contributed by atoms with Gasteiger partial charge in [-0.15, -0.1) is 0 Å². The van der Waals surface area contributed by atoms with Crippen LogP contribution in [0.5, 0.6) is 5.75 Å². The highest BCUT2D eigenvalue weighted by atomic mass is 19.4. The van der Waals surface area contributed by atoms with Crippen LogP contribution in [0.4, 0.5) is 26.3 Å². The number of ether oxygens (including phenoxy) is 1. The quantitative estimate of drug-likeness (QED) is 0.337. The zero-order valence-corrected chi connectivity index (χ0v) is 17.0. The van der Waals surface area contributed by atoms with Gasteiger partial charge in [0.05, 0.1) is 11.5 Å². The minimum atomic E-state index is -4.88. The van der Waals surface area contributed by atoms with E-state index >= 15 is 0 Å². The lowest BCUT2D eigenvalue weighted by Crippen LogP contribution is -2.37. The van der Waals surface area contributed by atoms with Gasteiger partial charge in [0, 0.05) is 6.07 Å². The standard InChI is InChI=1S/C23H28F6O/c1-15-2-4-16(5-3-15)6-7-17-8-10-18(11-9-17)23(28,29)30-19-12-13-20(21(24)14-19)22(25,26)27/h6-7,12-18H,2-5,8-11H2,1H3/b7-6+. The van der Waals surface area contributed by atoms with Crippen molar-refractivity contribution in [3.8, 4) is 5.75 Å². The predicted octanol–water partition coefficient (Wildman–Crippen LogP) is 8.01. The van der Waals surface area contributed by atoms with Crippen molar-refractivity contribution in [1.82, 2.24) is 0 Å². The summed E-state index contributed by atoms with van der Waals surface area (Å²) in [7, 11) is 0. The van der Waals surface area contributed by atoms with Crippen LogP contribution in [0.3, 0.4) is 0 Å². The molecule has 0 radical (unpaired) electrons. The fraction of sp³-hybridized carbons (Fsp3) is 0.652. The first-order valence-electron chi connectivity index (χ1n) is 10.7. The average Bonchev–Trinajstić information content (AvgIpc) is 2.66. The summed E-state index contributed by atoms with van der Waals surface area (Å²) in [4.78, 5) is 0. The van der Waals surface area contributed by atoms with E-state index in [9.17, 15) is 26.3 Å². The van der Waals surface area contributed by atoms with E-state index in [0.717, 1.165) is 12.0 Å². The minimum Gasteiger partial charge on any atom is -0.432 e. The summed E-state index contributed by atoms with van der Waals surface area (Å²) in [6.07, 6.45) is 2.55. The summed E-state index contributed by atoms with van der Waals surface area (Å²) in [6, 6.07) is 1.53. The molecule has 1 nitrogen and oxygen atoms in total. The van der Waals surface area contributed by atoms with Crippen molar-refractivity contribution in [3.63, 3.8) is 0 Å². The van der Waals surface area contributed by atoms with Gasteiger partial charge in [-0.2, -0.15) is 22.0 Å². The van der Waals surface area contributed by atoms with E-state index in [-0.39, 0.29) is 18.8 Å². The van der Waals surface area contributed by atoms with Crippen LogP contribution in [0.1, 0.15) is 63.9 Å². The number of halogens is 6. The van der Waals surface area contributed by atoms with Gasteiger partial charge in [0.2, 0.25) is 0 Å². The maximum absolute atomic E-state index is 14.5. The Morgan fingerprint density at radius 2 is 1.37 bits per heavy atom. The van der Waals surface area contributed by atoms with Gasteiger partial charge >= 0.3 is 12.3 Å². The third-order valence-corrected chi connectivity index (χ3v) is 6.46. The first kappa shape index (κ1) is 23.0. The largest absolute Gasteiger partial charge is 0.432 e. The van der Waals surface area contributed by atoms with Crippen LogP contribution in [0.2, 0.25) is 0 Å². The summed E-state index contributed by atoms with van der Waals surface area (Å²) in [5.74, 6) is -1.63. The third-order valence-electron chi connectivity index (χ3n) is 6.46. The van der Waals surface area contributed by atoms with E-state index < -0.39 is 35.3 Å². The Balaban J connectivity index is 1.52. The molecule has 0 bridgehead atoms. The van der Waals surface area contributed by atoms with E-state index in [4.69, 9.17) is 0 Å². The molecule has 168 valence electrons. The van der Waals surface area contributed by atoms with Crippen LogP contribution >= 0.6 is 0 Å². The van der Waals surface area contributed by atoms with Gasteiger partial charge in [-0.25, -0.2) is 4.39 Å². The SMILES string of the molecule is CC1CCC(/C=C/C2CCC(C(F)(F)Oc3ccc(C(F)(F)F)c(F)c3)CC2)CC1. The Morgan fingerprint density at radius 3 is 1.87 bits per heavy atom. The Hall–Kier alpha value is -1.66. The first-order valence-corrected chi connectivity index (χ1v) is 10.7. The van der Waals surface area contributed by atoms with Crippen LogP contribution < -0.4 is 4.74 Å². The van der Waals surface area contributed by atoms with Crippen molar-refractivity contribution >= 4 is 0 Å². The van der Waals surface area contributed by atoms with Crippen molar-refractivity contribution in [2.75, 3.05) is 0 Å². The summed E-state index contributed by atoms with van der Waals surface area (Å²) < 4.78 is 85.1. The van der Waals surface area contributed by atoms with E-state index in [1.165, 1.54) is 25.7 Å². The Kier molecular flexibility index (Phi) is 7.08. The van der Waals surface area contributed by atoms with E-state index in [2.05, 4.69) is 23.8 Å². The highest BCUT2D eigenvalue weighted by Gasteiger charge is 2.44. The van der Waals surface area contributed by atoms with Crippen molar-refractivity contribution in [2.24, 2.45) is 23.7 Å². The summed E-state index contributed by atoms with van der Waals surface area (Å²) in [6.45, 7) is 2.27. The van der Waals surface area contributed by atoms with Gasteiger partial charge in [0.15, 0.2) is 0 Å². The minimum absolute atomic E-state index is 0.257. The molecule has 2 fully saturated rings. The first-order chi connectivity index (χ1) is 14.0. The Labute approximate surface area is 173 Å². The monoisotopic (exact) mass is 434 g/mol. The predicted molar refractivity (Wildman–Crippen MR) is 103 cm³/mol. The van der Waals surface area contributed by atoms with Gasteiger partial charge in [-0.1, -0.05) is 31.9 Å². The topological polar surface area (TPSA) is 9.23 Å². The van der Waals surface area contributed by atoms with Crippen molar-refractivity contribution in [3.05, 3.63) is 41.7 Å². The lowest BCUT2D eigenvalue weighted by molar-refractivity contribution is -0.223. The fourth-order valence-electron chi connectivity index (χ4n) is 4.47. The normalized spacial score (nSPS) is 28.6. The number of rotatable bonds is 5. The molecule has 0 spiro atoms. The molecule has 7 heteroatoms. The summed E-state index contributed by atoms with van der Waals surface area (Å²) in [5, 5.41) is 0. The molecular formula is C23H28F6O. The zero-order valence-electron chi connectivity index (χ0n) is 17.0. The van der Waals surface area contributed by atoms with Crippen LogP contribution in [0.25, 0.3) is 0 Å². The lowest BCUT2D eigenvalue weighted by atomic mass is 9.79. The molecule has 0 amide bonds. The van der Waals surface area contributed by atoms with E-state index in [1.54, 1.807) is 0 Å². The molecular weight excluding hydrogens is 406 g/mol. The fourth-order valence-corrected chi connectivity index (χ4v) is 4.47. The summed E-state index contributed by atoms with van der Waals surface area (Å²) in [5.41, 5.74) is -1.50. The van der Waals surface area contributed by atoms with Gasteiger partial charge in [-0.3, -0.25) is 0 Å². The molecule has 3 rings (SSSR count). The molecule has 0 aromatic heterocycles. The molecule has 0 atom stereocenters. The number of alkyl halides is 5. The molecule has 30 heavy (non-hydrogen) atoms. The second-order valence-corrected chi connectivity index (χ2v) is 8.82. The van der Waals surface area contributed by atoms with Crippen LogP contribution in [0, 0.1) is 29.5 Å². The zero-order chi connectivity index (χ0) is 21.9. The van der Waals surface area contributed by atoms with Gasteiger partial charge < -0.3 is 4.74 Å². The Morgan fingerprint density at radius 1 is 0.833 bits per heavy atom. The molecule has 0 N–H and O–H groups in total. The van der Waals surface area contributed by atoms with E-state index in [0.29, 0.717) is 30.9 Å². The third kappa shape index (κ3) is 5.94. The van der Waals surface area contributed by atoms with E-state index in [1.807, 2.05) is 0 Å². The molecule has 0 saturated heterocycles. The Bertz CT molecular complexity index is 726. The molecule has 2 aliphatic carbocycles. The highest BCUT2D eigenvalue weighted by molar-refractivity contribution is 5.30. The second-order valence-electron chi connectivity index (χ2n) is 8.82. The van der Waals surface area contributed by atoms with Crippen molar-refractivity contribution < 1.29 is 31.1 Å². The molecule has 0 unspecified atom stereocenters. The van der Waals surface area contributed by atoms with Crippen LogP contribution in [0.15, 0.2) is 30.4 Å². The van der Waals surface area contributed by atoms with Crippen molar-refractivity contribution in [2.45, 2.75) is 70.6 Å². The molecule has 2 aliphatic rings. The molecule has 2 saturated carbocycles. The summed E-state index contributed by atoms with van der Waals surface area (Å²) >= 11 is 0. The molecule has 1 aromatic rings. The van der Waals surface area contributed by atoms with Gasteiger partial charge in [0.25, 0.3) is 0 Å².